The molecular weight excluding hydrogens is 232 g/mol. The number of esters is 1. The number of rotatable bonds is 7. The highest BCUT2D eigenvalue weighted by atomic mass is 16.6. The first kappa shape index (κ1) is 16.7. The highest BCUT2D eigenvalue weighted by Gasteiger charge is 2.26. The van der Waals surface area contributed by atoms with E-state index in [4.69, 9.17) is 9.47 Å². The average molecular weight is 256 g/mol. The topological polar surface area (TPSA) is 52.6 Å². The van der Waals surface area contributed by atoms with Crippen molar-refractivity contribution < 1.29 is 19.1 Å². The van der Waals surface area contributed by atoms with Gasteiger partial charge in [0.05, 0.1) is 19.6 Å². The van der Waals surface area contributed by atoms with Crippen molar-refractivity contribution in [3.8, 4) is 0 Å². The number of ketones is 1. The molecule has 0 rings (SSSR count). The van der Waals surface area contributed by atoms with E-state index in [2.05, 4.69) is 0 Å². The second kappa shape index (κ2) is 7.19. The Kier molecular flexibility index (Phi) is 6.66. The van der Waals surface area contributed by atoms with Crippen molar-refractivity contribution in [3.63, 3.8) is 0 Å². The van der Waals surface area contributed by atoms with Crippen molar-refractivity contribution in [2.45, 2.75) is 53.1 Å². The third-order valence-corrected chi connectivity index (χ3v) is 3.06. The lowest BCUT2D eigenvalue weighted by molar-refractivity contribution is -0.154. The molecule has 0 radical (unpaired) electrons. The van der Waals surface area contributed by atoms with Gasteiger partial charge in [-0.3, -0.25) is 4.79 Å². The summed E-state index contributed by atoms with van der Waals surface area (Å²) in [4.78, 5) is 23.0. The standard InChI is InChI=1S/C14H24O4/c1-7-11(15)8-12(17-6)9-13(16)18-14(4,5)10(2)3/h9-10H,7-8H2,1-6H3. The molecule has 4 nitrogen and oxygen atoms in total. The Balaban J connectivity index is 4.63. The van der Waals surface area contributed by atoms with Crippen LogP contribution in [0.3, 0.4) is 0 Å². The number of ether oxygens (including phenoxy) is 2. The van der Waals surface area contributed by atoms with Crippen LogP contribution in [-0.4, -0.2) is 24.5 Å². The molecule has 0 bridgehead atoms. The van der Waals surface area contributed by atoms with Crippen molar-refractivity contribution >= 4 is 11.8 Å². The maximum atomic E-state index is 11.7. The highest BCUT2D eigenvalue weighted by molar-refractivity contribution is 5.86. The molecule has 0 unspecified atom stereocenters. The second-order valence-electron chi connectivity index (χ2n) is 5.06. The van der Waals surface area contributed by atoms with Gasteiger partial charge in [-0.1, -0.05) is 20.8 Å². The Hall–Kier alpha value is -1.32. The van der Waals surface area contributed by atoms with E-state index >= 15 is 0 Å². The monoisotopic (exact) mass is 256 g/mol. The summed E-state index contributed by atoms with van der Waals surface area (Å²) in [7, 11) is 1.44. The van der Waals surface area contributed by atoms with Crippen molar-refractivity contribution in [2.24, 2.45) is 5.92 Å². The van der Waals surface area contributed by atoms with Gasteiger partial charge in [-0.15, -0.1) is 0 Å². The number of methoxy groups -OCH3 is 1. The molecule has 0 atom stereocenters. The van der Waals surface area contributed by atoms with E-state index in [1.165, 1.54) is 13.2 Å². The van der Waals surface area contributed by atoms with Gasteiger partial charge in [-0.2, -0.15) is 0 Å². The van der Waals surface area contributed by atoms with Gasteiger partial charge < -0.3 is 9.47 Å². The molecule has 0 spiro atoms. The van der Waals surface area contributed by atoms with Gasteiger partial charge in [0.15, 0.2) is 0 Å². The quantitative estimate of drug-likeness (QED) is 0.399. The van der Waals surface area contributed by atoms with Gasteiger partial charge in [0.25, 0.3) is 0 Å². The van der Waals surface area contributed by atoms with Crippen LogP contribution in [0.15, 0.2) is 11.8 Å². The van der Waals surface area contributed by atoms with Gasteiger partial charge >= 0.3 is 5.97 Å². The lowest BCUT2D eigenvalue weighted by Crippen LogP contribution is -2.33. The fourth-order valence-corrected chi connectivity index (χ4v) is 1.04. The van der Waals surface area contributed by atoms with Crippen LogP contribution in [0.4, 0.5) is 0 Å². The van der Waals surface area contributed by atoms with Crippen LogP contribution in [0.5, 0.6) is 0 Å². The van der Waals surface area contributed by atoms with E-state index < -0.39 is 11.6 Å². The minimum Gasteiger partial charge on any atom is -0.500 e. The van der Waals surface area contributed by atoms with Crippen molar-refractivity contribution in [1.82, 2.24) is 0 Å². The molecule has 0 aliphatic carbocycles. The van der Waals surface area contributed by atoms with Gasteiger partial charge in [0.2, 0.25) is 0 Å². The molecule has 0 saturated heterocycles. The van der Waals surface area contributed by atoms with E-state index in [9.17, 15) is 9.59 Å². The Morgan fingerprint density at radius 1 is 1.28 bits per heavy atom. The lowest BCUT2D eigenvalue weighted by Gasteiger charge is -2.28. The highest BCUT2D eigenvalue weighted by Crippen LogP contribution is 2.21. The molecule has 0 saturated carbocycles. The first-order valence-electron chi connectivity index (χ1n) is 6.22. The summed E-state index contributed by atoms with van der Waals surface area (Å²) in [6.07, 6.45) is 1.80. The second-order valence-corrected chi connectivity index (χ2v) is 5.06. The summed E-state index contributed by atoms with van der Waals surface area (Å²) < 4.78 is 10.3. The first-order chi connectivity index (χ1) is 8.22. The Morgan fingerprint density at radius 2 is 1.83 bits per heavy atom. The van der Waals surface area contributed by atoms with E-state index in [1.807, 2.05) is 27.7 Å². The molecule has 0 aromatic heterocycles. The largest absolute Gasteiger partial charge is 0.500 e. The predicted octanol–water partition coefficient (Wildman–Crippen LogP) is 2.86. The number of carbonyl (C=O) groups is 2. The van der Waals surface area contributed by atoms with Crippen LogP contribution in [0, 0.1) is 5.92 Å². The van der Waals surface area contributed by atoms with E-state index in [1.54, 1.807) is 6.92 Å². The molecular formula is C14H24O4. The first-order valence-corrected chi connectivity index (χ1v) is 6.22. The van der Waals surface area contributed by atoms with E-state index in [-0.39, 0.29) is 18.1 Å². The number of hydrogen-bond donors (Lipinski definition) is 0. The fraction of sp³-hybridized carbons (Fsp3) is 0.714. The van der Waals surface area contributed by atoms with Crippen LogP contribution in [0.2, 0.25) is 0 Å². The number of Topliss-reactive ketones (excluding diaryl/α,β-unsaturated/α-hetero) is 1. The molecule has 104 valence electrons. The summed E-state index contributed by atoms with van der Waals surface area (Å²) in [5.41, 5.74) is -0.540. The van der Waals surface area contributed by atoms with Crippen LogP contribution in [0.25, 0.3) is 0 Å². The minimum absolute atomic E-state index is 0.0269. The van der Waals surface area contributed by atoms with Crippen LogP contribution in [-0.2, 0) is 19.1 Å². The number of hydrogen-bond acceptors (Lipinski definition) is 4. The summed E-state index contributed by atoms with van der Waals surface area (Å²) in [5, 5.41) is 0. The zero-order valence-corrected chi connectivity index (χ0v) is 12.2. The molecule has 0 aromatic rings. The maximum Gasteiger partial charge on any atom is 0.334 e. The molecule has 18 heavy (non-hydrogen) atoms. The zero-order valence-electron chi connectivity index (χ0n) is 12.2. The summed E-state index contributed by atoms with van der Waals surface area (Å²) in [6.45, 7) is 9.44. The van der Waals surface area contributed by atoms with E-state index in [0.717, 1.165) is 0 Å². The molecule has 0 heterocycles. The van der Waals surface area contributed by atoms with Crippen LogP contribution >= 0.6 is 0 Å². The van der Waals surface area contributed by atoms with Gasteiger partial charge in [0.1, 0.15) is 17.1 Å². The average Bonchev–Trinajstić information content (AvgIpc) is 2.26. The third-order valence-electron chi connectivity index (χ3n) is 3.06. The summed E-state index contributed by atoms with van der Waals surface area (Å²) in [5.74, 6) is 0.0954. The van der Waals surface area contributed by atoms with Gasteiger partial charge in [-0.05, 0) is 19.8 Å². The molecule has 0 aromatic carbocycles. The van der Waals surface area contributed by atoms with Crippen molar-refractivity contribution in [1.29, 1.82) is 0 Å². The molecule has 0 aliphatic rings. The Labute approximate surface area is 109 Å². The molecule has 0 amide bonds. The number of allylic oxidation sites excluding steroid dienone is 1. The molecule has 0 fully saturated rings. The SMILES string of the molecule is CCC(=O)CC(=CC(=O)OC(C)(C)C(C)C)OC. The Morgan fingerprint density at radius 3 is 2.22 bits per heavy atom. The fourth-order valence-electron chi connectivity index (χ4n) is 1.04. The molecule has 0 aliphatic heterocycles. The third kappa shape index (κ3) is 5.84. The number of carbonyl (C=O) groups excluding carboxylic acids is 2. The Bertz CT molecular complexity index is 327. The minimum atomic E-state index is -0.540. The molecule has 0 N–H and O–H groups in total. The smallest absolute Gasteiger partial charge is 0.334 e. The van der Waals surface area contributed by atoms with E-state index in [0.29, 0.717) is 12.2 Å². The predicted molar refractivity (Wildman–Crippen MR) is 70.0 cm³/mol. The van der Waals surface area contributed by atoms with Crippen molar-refractivity contribution in [2.75, 3.05) is 7.11 Å². The normalized spacial score (nSPS) is 12.5. The van der Waals surface area contributed by atoms with Crippen molar-refractivity contribution in [3.05, 3.63) is 11.8 Å². The molecule has 4 heteroatoms. The van der Waals surface area contributed by atoms with Gasteiger partial charge in [0, 0.05) is 6.42 Å². The maximum absolute atomic E-state index is 11.7. The summed E-state index contributed by atoms with van der Waals surface area (Å²) >= 11 is 0. The van der Waals surface area contributed by atoms with Crippen LogP contribution in [0.1, 0.15) is 47.5 Å². The van der Waals surface area contributed by atoms with Crippen LogP contribution < -0.4 is 0 Å². The summed E-state index contributed by atoms with van der Waals surface area (Å²) in [6, 6.07) is 0. The lowest BCUT2D eigenvalue weighted by atomic mass is 9.95. The van der Waals surface area contributed by atoms with Gasteiger partial charge in [-0.25, -0.2) is 4.79 Å². The zero-order chi connectivity index (χ0) is 14.3.